The number of carbonyl (C=O) groups is 1. The van der Waals surface area contributed by atoms with Gasteiger partial charge in [-0.3, -0.25) is 0 Å². The first-order valence-electron chi connectivity index (χ1n) is 7.26. The number of benzene rings is 1. The average Bonchev–Trinajstić information content (AvgIpc) is 3.02. The Balaban J connectivity index is 1.64. The van der Waals surface area contributed by atoms with Gasteiger partial charge in [0.05, 0.1) is 12.3 Å². The quantitative estimate of drug-likeness (QED) is 0.884. The summed E-state index contributed by atoms with van der Waals surface area (Å²) in [5, 5.41) is 6.35. The van der Waals surface area contributed by atoms with Gasteiger partial charge in [-0.2, -0.15) is 0 Å². The molecule has 0 aromatic heterocycles. The van der Waals surface area contributed by atoms with Gasteiger partial charge in [-0.1, -0.05) is 12.1 Å². The highest BCUT2D eigenvalue weighted by atomic mass is 16.5. The SMILES string of the molecule is CCOc1ccccc1NC(=O)N1CC2CNCC2C1. The van der Waals surface area contributed by atoms with Crippen LogP contribution in [0.4, 0.5) is 10.5 Å². The van der Waals surface area contributed by atoms with E-state index in [9.17, 15) is 4.79 Å². The van der Waals surface area contributed by atoms with Crippen LogP contribution >= 0.6 is 0 Å². The summed E-state index contributed by atoms with van der Waals surface area (Å²) in [7, 11) is 0. The predicted octanol–water partition coefficient (Wildman–Crippen LogP) is 1.77. The molecule has 1 aromatic rings. The minimum absolute atomic E-state index is 0.0217. The Morgan fingerprint density at radius 2 is 2.05 bits per heavy atom. The summed E-state index contributed by atoms with van der Waals surface area (Å²) in [5.74, 6) is 1.95. The fourth-order valence-electron chi connectivity index (χ4n) is 3.07. The van der Waals surface area contributed by atoms with Crippen LogP contribution in [0.15, 0.2) is 24.3 Å². The molecule has 2 aliphatic rings. The van der Waals surface area contributed by atoms with Gasteiger partial charge in [0.15, 0.2) is 0 Å². The number of likely N-dealkylation sites (tertiary alicyclic amines) is 1. The van der Waals surface area contributed by atoms with E-state index in [4.69, 9.17) is 4.74 Å². The van der Waals surface area contributed by atoms with Crippen LogP contribution in [0.1, 0.15) is 6.92 Å². The maximum absolute atomic E-state index is 12.3. The number of rotatable bonds is 3. The van der Waals surface area contributed by atoms with Crippen molar-refractivity contribution in [1.82, 2.24) is 10.2 Å². The highest BCUT2D eigenvalue weighted by molar-refractivity contribution is 5.91. The van der Waals surface area contributed by atoms with Crippen LogP contribution < -0.4 is 15.4 Å². The zero-order valence-electron chi connectivity index (χ0n) is 11.8. The number of amides is 2. The molecule has 2 heterocycles. The van der Waals surface area contributed by atoms with Gasteiger partial charge < -0.3 is 20.3 Å². The second kappa shape index (κ2) is 5.71. The van der Waals surface area contributed by atoms with Crippen molar-refractivity contribution in [2.45, 2.75) is 6.92 Å². The lowest BCUT2D eigenvalue weighted by atomic mass is 10.0. The van der Waals surface area contributed by atoms with Gasteiger partial charge in [-0.15, -0.1) is 0 Å². The minimum atomic E-state index is -0.0217. The van der Waals surface area contributed by atoms with E-state index in [0.717, 1.165) is 37.6 Å². The molecule has 2 unspecified atom stereocenters. The third-order valence-electron chi connectivity index (χ3n) is 4.11. The molecule has 0 aliphatic carbocycles. The number of ether oxygens (including phenoxy) is 1. The molecule has 2 aliphatic heterocycles. The number of nitrogens with zero attached hydrogens (tertiary/aromatic N) is 1. The predicted molar refractivity (Wildman–Crippen MR) is 78.1 cm³/mol. The molecule has 2 atom stereocenters. The summed E-state index contributed by atoms with van der Waals surface area (Å²) in [6.07, 6.45) is 0. The first-order valence-corrected chi connectivity index (χ1v) is 7.26. The fourth-order valence-corrected chi connectivity index (χ4v) is 3.07. The van der Waals surface area contributed by atoms with Crippen molar-refractivity contribution >= 4 is 11.7 Å². The highest BCUT2D eigenvalue weighted by Crippen LogP contribution is 2.28. The van der Waals surface area contributed by atoms with E-state index < -0.39 is 0 Å². The molecule has 108 valence electrons. The Kier molecular flexibility index (Phi) is 3.78. The van der Waals surface area contributed by atoms with E-state index in [1.165, 1.54) is 0 Å². The van der Waals surface area contributed by atoms with E-state index in [1.54, 1.807) is 0 Å². The number of urea groups is 1. The third kappa shape index (κ3) is 2.58. The van der Waals surface area contributed by atoms with E-state index in [1.807, 2.05) is 36.1 Å². The molecule has 0 bridgehead atoms. The number of fused-ring (bicyclic) bond motifs is 1. The monoisotopic (exact) mass is 275 g/mol. The Labute approximate surface area is 119 Å². The van der Waals surface area contributed by atoms with Crippen LogP contribution in [0, 0.1) is 11.8 Å². The van der Waals surface area contributed by atoms with Gasteiger partial charge >= 0.3 is 6.03 Å². The normalized spacial score (nSPS) is 24.6. The highest BCUT2D eigenvalue weighted by Gasteiger charge is 2.38. The Morgan fingerprint density at radius 3 is 2.75 bits per heavy atom. The van der Waals surface area contributed by atoms with Crippen LogP contribution in [0.25, 0.3) is 0 Å². The molecule has 0 spiro atoms. The lowest BCUT2D eigenvalue weighted by Gasteiger charge is -2.19. The number of hydrogen-bond acceptors (Lipinski definition) is 3. The largest absolute Gasteiger partial charge is 0.492 e. The van der Waals surface area contributed by atoms with Gasteiger partial charge in [0, 0.05) is 26.2 Å². The van der Waals surface area contributed by atoms with Crippen LogP contribution in [-0.2, 0) is 0 Å². The smallest absolute Gasteiger partial charge is 0.321 e. The van der Waals surface area contributed by atoms with Gasteiger partial charge in [0.2, 0.25) is 0 Å². The Morgan fingerprint density at radius 1 is 1.35 bits per heavy atom. The first kappa shape index (κ1) is 13.2. The van der Waals surface area contributed by atoms with Crippen molar-refractivity contribution in [3.05, 3.63) is 24.3 Å². The van der Waals surface area contributed by atoms with E-state index in [0.29, 0.717) is 18.4 Å². The van der Waals surface area contributed by atoms with Crippen molar-refractivity contribution in [3.63, 3.8) is 0 Å². The number of para-hydroxylation sites is 2. The van der Waals surface area contributed by atoms with Crippen molar-refractivity contribution < 1.29 is 9.53 Å². The van der Waals surface area contributed by atoms with E-state index >= 15 is 0 Å². The average molecular weight is 275 g/mol. The van der Waals surface area contributed by atoms with Crippen LogP contribution in [0.3, 0.4) is 0 Å². The summed E-state index contributed by atoms with van der Waals surface area (Å²) >= 11 is 0. The lowest BCUT2D eigenvalue weighted by Crippen LogP contribution is -2.35. The van der Waals surface area contributed by atoms with Crippen LogP contribution in [0.5, 0.6) is 5.75 Å². The summed E-state index contributed by atoms with van der Waals surface area (Å²) in [6.45, 7) is 6.29. The zero-order valence-corrected chi connectivity index (χ0v) is 11.8. The lowest BCUT2D eigenvalue weighted by molar-refractivity contribution is 0.219. The maximum Gasteiger partial charge on any atom is 0.321 e. The Hall–Kier alpha value is -1.75. The molecule has 0 radical (unpaired) electrons. The number of hydrogen-bond donors (Lipinski definition) is 2. The molecule has 2 saturated heterocycles. The molecular weight excluding hydrogens is 254 g/mol. The molecule has 2 amide bonds. The number of carbonyl (C=O) groups excluding carboxylic acids is 1. The second-order valence-electron chi connectivity index (χ2n) is 5.44. The molecule has 20 heavy (non-hydrogen) atoms. The zero-order chi connectivity index (χ0) is 13.9. The van der Waals surface area contributed by atoms with Crippen LogP contribution in [-0.4, -0.2) is 43.7 Å². The summed E-state index contributed by atoms with van der Waals surface area (Å²) < 4.78 is 5.53. The standard InChI is InChI=1S/C15H21N3O2/c1-2-20-14-6-4-3-5-13(14)17-15(19)18-9-11-7-16-8-12(11)10-18/h3-6,11-12,16H,2,7-10H2,1H3,(H,17,19). The molecular formula is C15H21N3O2. The number of nitrogens with one attached hydrogen (secondary N) is 2. The summed E-state index contributed by atoms with van der Waals surface area (Å²) in [6, 6.07) is 7.54. The van der Waals surface area contributed by atoms with E-state index in [-0.39, 0.29) is 6.03 Å². The van der Waals surface area contributed by atoms with Crippen molar-refractivity contribution in [2.24, 2.45) is 11.8 Å². The molecule has 2 N–H and O–H groups in total. The van der Waals surface area contributed by atoms with Crippen molar-refractivity contribution in [1.29, 1.82) is 0 Å². The molecule has 2 fully saturated rings. The Bertz CT molecular complexity index is 480. The van der Waals surface area contributed by atoms with Crippen molar-refractivity contribution in [3.8, 4) is 5.75 Å². The van der Waals surface area contributed by atoms with Gasteiger partial charge in [-0.05, 0) is 30.9 Å². The van der Waals surface area contributed by atoms with Crippen LogP contribution in [0.2, 0.25) is 0 Å². The first-order chi connectivity index (χ1) is 9.78. The third-order valence-corrected chi connectivity index (χ3v) is 4.11. The fraction of sp³-hybridized carbons (Fsp3) is 0.533. The van der Waals surface area contributed by atoms with Gasteiger partial charge in [0.25, 0.3) is 0 Å². The second-order valence-corrected chi connectivity index (χ2v) is 5.44. The van der Waals surface area contributed by atoms with Crippen molar-refractivity contribution in [2.75, 3.05) is 38.1 Å². The molecule has 3 rings (SSSR count). The summed E-state index contributed by atoms with van der Waals surface area (Å²) in [5.41, 5.74) is 0.745. The van der Waals surface area contributed by atoms with Gasteiger partial charge in [-0.25, -0.2) is 4.79 Å². The molecule has 0 saturated carbocycles. The van der Waals surface area contributed by atoms with Gasteiger partial charge in [0.1, 0.15) is 5.75 Å². The summed E-state index contributed by atoms with van der Waals surface area (Å²) in [4.78, 5) is 14.3. The van der Waals surface area contributed by atoms with E-state index in [2.05, 4.69) is 10.6 Å². The molecule has 5 nitrogen and oxygen atoms in total. The molecule has 5 heteroatoms. The minimum Gasteiger partial charge on any atom is -0.492 e. The maximum atomic E-state index is 12.3. The molecule has 1 aromatic carbocycles. The topological polar surface area (TPSA) is 53.6 Å². The number of anilines is 1.